The molecule has 1 amide bonds. The van der Waals surface area contributed by atoms with Crippen molar-refractivity contribution < 1.29 is 23.1 Å². The van der Waals surface area contributed by atoms with Crippen molar-refractivity contribution in [1.82, 2.24) is 5.32 Å². The van der Waals surface area contributed by atoms with Crippen LogP contribution in [0.4, 0.5) is 13.2 Å². The Morgan fingerprint density at radius 3 is 2.36 bits per heavy atom. The van der Waals surface area contributed by atoms with E-state index in [4.69, 9.17) is 0 Å². The van der Waals surface area contributed by atoms with Gasteiger partial charge in [-0.3, -0.25) is 4.79 Å². The van der Waals surface area contributed by atoms with Crippen molar-refractivity contribution in [3.63, 3.8) is 0 Å². The van der Waals surface area contributed by atoms with Crippen LogP contribution in [0.15, 0.2) is 60.0 Å². The van der Waals surface area contributed by atoms with Gasteiger partial charge in [-0.25, -0.2) is 0 Å². The predicted octanol–water partition coefficient (Wildman–Crippen LogP) is 5.21. The highest BCUT2D eigenvalue weighted by atomic mass is 32.1. The molecular weight excluding hydrogens is 387 g/mol. The molecule has 1 aromatic heterocycles. The molecule has 3 nitrogen and oxygen atoms in total. The number of hydrogen-bond acceptors (Lipinski definition) is 3. The predicted molar refractivity (Wildman–Crippen MR) is 103 cm³/mol. The Morgan fingerprint density at radius 1 is 1.11 bits per heavy atom. The Bertz CT molecular complexity index is 964. The lowest BCUT2D eigenvalue weighted by Gasteiger charge is -2.18. The van der Waals surface area contributed by atoms with Gasteiger partial charge in [-0.1, -0.05) is 30.3 Å². The maximum Gasteiger partial charge on any atom is 0.416 e. The number of carbonyl (C=O) groups is 1. The first-order valence-electron chi connectivity index (χ1n) is 8.53. The van der Waals surface area contributed by atoms with E-state index in [0.717, 1.165) is 22.6 Å². The number of hydrogen-bond donors (Lipinski definition) is 2. The third-order valence-electron chi connectivity index (χ3n) is 4.40. The lowest BCUT2D eigenvalue weighted by atomic mass is 9.98. The molecule has 0 saturated carbocycles. The number of amides is 1. The number of alkyl halides is 3. The summed E-state index contributed by atoms with van der Waals surface area (Å²) in [4.78, 5) is 13.7. The summed E-state index contributed by atoms with van der Waals surface area (Å²) >= 11 is 1.44. The highest BCUT2D eigenvalue weighted by molar-refractivity contribution is 7.10. The lowest BCUT2D eigenvalue weighted by molar-refractivity contribution is -0.137. The van der Waals surface area contributed by atoms with E-state index in [9.17, 15) is 23.1 Å². The second kappa shape index (κ2) is 8.16. The average Bonchev–Trinajstić information content (AvgIpc) is 3.11. The number of thiophene rings is 1. The van der Waals surface area contributed by atoms with Crippen molar-refractivity contribution in [2.75, 3.05) is 6.61 Å². The van der Waals surface area contributed by atoms with Gasteiger partial charge in [0.05, 0.1) is 18.2 Å². The van der Waals surface area contributed by atoms with E-state index in [1.807, 2.05) is 18.4 Å². The summed E-state index contributed by atoms with van der Waals surface area (Å²) in [5.41, 5.74) is 1.59. The minimum absolute atomic E-state index is 0.254. The normalized spacial score (nSPS) is 12.6. The molecule has 28 heavy (non-hydrogen) atoms. The van der Waals surface area contributed by atoms with Crippen LogP contribution in [-0.4, -0.2) is 17.6 Å². The second-order valence-electron chi connectivity index (χ2n) is 6.30. The summed E-state index contributed by atoms with van der Waals surface area (Å²) in [5.74, 6) is -0.401. The molecule has 0 radical (unpaired) electrons. The molecule has 146 valence electrons. The topological polar surface area (TPSA) is 49.3 Å². The number of carbonyl (C=O) groups excluding carboxylic acids is 1. The fourth-order valence-corrected chi connectivity index (χ4v) is 3.91. The van der Waals surface area contributed by atoms with E-state index in [1.54, 1.807) is 24.3 Å². The largest absolute Gasteiger partial charge is 0.416 e. The van der Waals surface area contributed by atoms with Crippen LogP contribution in [0, 0.1) is 6.92 Å². The smallest absolute Gasteiger partial charge is 0.394 e. The monoisotopic (exact) mass is 405 g/mol. The van der Waals surface area contributed by atoms with Crippen LogP contribution in [0.25, 0.3) is 11.1 Å². The van der Waals surface area contributed by atoms with Gasteiger partial charge >= 0.3 is 6.18 Å². The molecule has 0 fully saturated rings. The van der Waals surface area contributed by atoms with Gasteiger partial charge in [0, 0.05) is 10.4 Å². The highest BCUT2D eigenvalue weighted by Crippen LogP contribution is 2.32. The highest BCUT2D eigenvalue weighted by Gasteiger charge is 2.30. The third-order valence-corrected chi connectivity index (χ3v) is 5.53. The summed E-state index contributed by atoms with van der Waals surface area (Å²) in [5, 5.41) is 14.4. The first-order chi connectivity index (χ1) is 13.3. The molecule has 7 heteroatoms. The molecular formula is C21H18F3NO2S. The van der Waals surface area contributed by atoms with Crippen LogP contribution in [0.2, 0.25) is 0 Å². The van der Waals surface area contributed by atoms with Gasteiger partial charge in [0.1, 0.15) is 0 Å². The van der Waals surface area contributed by atoms with E-state index in [2.05, 4.69) is 5.32 Å². The van der Waals surface area contributed by atoms with Crippen molar-refractivity contribution in [1.29, 1.82) is 0 Å². The molecule has 2 aromatic carbocycles. The number of aryl methyl sites for hydroxylation is 1. The fourth-order valence-electron chi connectivity index (χ4n) is 2.94. The summed E-state index contributed by atoms with van der Waals surface area (Å²) in [6.07, 6.45) is -4.41. The Balaban J connectivity index is 1.89. The maximum absolute atomic E-state index is 12.8. The van der Waals surface area contributed by atoms with E-state index < -0.39 is 23.7 Å². The van der Waals surface area contributed by atoms with Gasteiger partial charge in [-0.05, 0) is 53.3 Å². The quantitative estimate of drug-likeness (QED) is 0.613. The Kier molecular flexibility index (Phi) is 5.86. The standard InChI is InChI=1S/C21H18F3NO2S/c1-13-10-11-28-19(13)18(12-26)25-20(27)17-5-3-2-4-16(17)14-6-8-15(9-7-14)21(22,23)24/h2-11,18,26H,12H2,1H3,(H,25,27). The first kappa shape index (κ1) is 20.1. The number of halogens is 3. The number of aliphatic hydroxyl groups excluding tert-OH is 1. The van der Waals surface area contributed by atoms with Crippen LogP contribution in [0.5, 0.6) is 0 Å². The average molecular weight is 405 g/mol. The zero-order chi connectivity index (χ0) is 20.3. The van der Waals surface area contributed by atoms with Crippen molar-refractivity contribution in [2.24, 2.45) is 0 Å². The van der Waals surface area contributed by atoms with E-state index >= 15 is 0 Å². The van der Waals surface area contributed by atoms with E-state index in [0.29, 0.717) is 16.7 Å². The van der Waals surface area contributed by atoms with Crippen molar-refractivity contribution >= 4 is 17.2 Å². The molecule has 1 unspecified atom stereocenters. The van der Waals surface area contributed by atoms with Crippen LogP contribution in [0.3, 0.4) is 0 Å². The summed E-state index contributed by atoms with van der Waals surface area (Å²) < 4.78 is 38.4. The minimum atomic E-state index is -4.41. The van der Waals surface area contributed by atoms with Gasteiger partial charge in [0.2, 0.25) is 0 Å². The first-order valence-corrected chi connectivity index (χ1v) is 9.41. The second-order valence-corrected chi connectivity index (χ2v) is 7.24. The van der Waals surface area contributed by atoms with Crippen LogP contribution in [0.1, 0.15) is 32.4 Å². The van der Waals surface area contributed by atoms with Crippen molar-refractivity contribution in [2.45, 2.75) is 19.1 Å². The molecule has 2 N–H and O–H groups in total. The summed E-state index contributed by atoms with van der Waals surface area (Å²) in [6.45, 7) is 1.65. The number of rotatable bonds is 5. The van der Waals surface area contributed by atoms with E-state index in [1.165, 1.54) is 23.5 Å². The summed E-state index contributed by atoms with van der Waals surface area (Å²) in [7, 11) is 0. The van der Waals surface area contributed by atoms with Crippen molar-refractivity contribution in [3.8, 4) is 11.1 Å². The zero-order valence-corrected chi connectivity index (χ0v) is 15.8. The van der Waals surface area contributed by atoms with Gasteiger partial charge < -0.3 is 10.4 Å². The molecule has 3 aromatic rings. The third kappa shape index (κ3) is 4.26. The fraction of sp³-hybridized carbons (Fsp3) is 0.190. The molecule has 3 rings (SSSR count). The maximum atomic E-state index is 12.8. The number of aliphatic hydroxyl groups is 1. The molecule has 0 spiro atoms. The SMILES string of the molecule is Cc1ccsc1C(CO)NC(=O)c1ccccc1-c1ccc(C(F)(F)F)cc1. The minimum Gasteiger partial charge on any atom is -0.394 e. The molecule has 0 aliphatic carbocycles. The molecule has 0 bridgehead atoms. The number of nitrogens with one attached hydrogen (secondary N) is 1. The molecule has 0 aliphatic rings. The summed E-state index contributed by atoms with van der Waals surface area (Å²) in [6, 6.07) is 12.7. The van der Waals surface area contributed by atoms with Crippen molar-refractivity contribution in [3.05, 3.63) is 81.5 Å². The van der Waals surface area contributed by atoms with Crippen LogP contribution in [-0.2, 0) is 6.18 Å². The van der Waals surface area contributed by atoms with Gasteiger partial charge in [-0.15, -0.1) is 11.3 Å². The van der Waals surface area contributed by atoms with Crippen LogP contribution < -0.4 is 5.32 Å². The lowest BCUT2D eigenvalue weighted by Crippen LogP contribution is -2.31. The Labute approximate surface area is 164 Å². The van der Waals surface area contributed by atoms with Gasteiger partial charge in [0.15, 0.2) is 0 Å². The molecule has 1 atom stereocenters. The zero-order valence-electron chi connectivity index (χ0n) is 15.0. The van der Waals surface area contributed by atoms with Gasteiger partial charge in [-0.2, -0.15) is 13.2 Å². The Hall–Kier alpha value is -2.64. The number of benzene rings is 2. The van der Waals surface area contributed by atoms with Gasteiger partial charge in [0.25, 0.3) is 5.91 Å². The van der Waals surface area contributed by atoms with Crippen LogP contribution >= 0.6 is 11.3 Å². The van der Waals surface area contributed by atoms with E-state index in [-0.39, 0.29) is 6.61 Å². The Morgan fingerprint density at radius 2 is 1.79 bits per heavy atom. The molecule has 1 heterocycles. The molecule has 0 aliphatic heterocycles. The molecule has 0 saturated heterocycles.